The number of imidazole rings is 1. The third-order valence-electron chi connectivity index (χ3n) is 4.07. The van der Waals surface area contributed by atoms with Crippen molar-refractivity contribution in [2.24, 2.45) is 0 Å². The van der Waals surface area contributed by atoms with Gasteiger partial charge in [0.25, 0.3) is 0 Å². The van der Waals surface area contributed by atoms with Crippen molar-refractivity contribution in [1.82, 2.24) is 14.5 Å². The molecule has 1 unspecified atom stereocenters. The number of nitrogens with two attached hydrogens (primary N) is 1. The Balaban J connectivity index is 1.77. The van der Waals surface area contributed by atoms with Gasteiger partial charge in [-0.3, -0.25) is 0 Å². The summed E-state index contributed by atoms with van der Waals surface area (Å²) < 4.78 is 2.37. The second-order valence-electron chi connectivity index (χ2n) is 5.87. The van der Waals surface area contributed by atoms with Gasteiger partial charge in [0.05, 0.1) is 16.0 Å². The molecule has 1 fully saturated rings. The molecule has 0 amide bonds. The van der Waals surface area contributed by atoms with E-state index in [1.807, 2.05) is 23.7 Å². The highest BCUT2D eigenvalue weighted by molar-refractivity contribution is 7.09. The zero-order valence-electron chi connectivity index (χ0n) is 12.0. The number of hydrogen-bond acceptors (Lipinski definition) is 4. The highest BCUT2D eigenvalue weighted by Gasteiger charge is 2.30. The van der Waals surface area contributed by atoms with Gasteiger partial charge in [-0.05, 0) is 31.0 Å². The average molecular weight is 298 g/mol. The fourth-order valence-corrected chi connectivity index (χ4v) is 3.53. The van der Waals surface area contributed by atoms with Gasteiger partial charge >= 0.3 is 0 Å². The Kier molecular flexibility index (Phi) is 2.96. The summed E-state index contributed by atoms with van der Waals surface area (Å²) in [4.78, 5) is 9.28. The van der Waals surface area contributed by atoms with Gasteiger partial charge in [-0.25, -0.2) is 9.97 Å². The van der Waals surface area contributed by atoms with Gasteiger partial charge in [0.1, 0.15) is 5.82 Å². The summed E-state index contributed by atoms with van der Waals surface area (Å²) >= 11 is 1.73. The topological polar surface area (TPSA) is 56.7 Å². The van der Waals surface area contributed by atoms with Crippen LogP contribution in [0.1, 0.15) is 42.4 Å². The molecule has 2 N–H and O–H groups in total. The van der Waals surface area contributed by atoms with Crippen LogP contribution in [0.2, 0.25) is 0 Å². The van der Waals surface area contributed by atoms with Crippen molar-refractivity contribution in [2.75, 3.05) is 5.73 Å². The molecule has 1 saturated carbocycles. The smallest absolute Gasteiger partial charge is 0.113 e. The van der Waals surface area contributed by atoms with Crippen molar-refractivity contribution in [3.63, 3.8) is 0 Å². The van der Waals surface area contributed by atoms with Crippen LogP contribution in [-0.4, -0.2) is 14.5 Å². The number of rotatable bonds is 4. The standard InChI is InChI=1S/C16H18N4S/c1-10(16-18-6-7-21-16)9-20-14-5-4-12(17)8-13(14)19-15(20)11-2-3-11/h4-8,10-11H,2-3,9,17H2,1H3. The van der Waals surface area contributed by atoms with Crippen LogP contribution in [0.15, 0.2) is 29.8 Å². The zero-order chi connectivity index (χ0) is 14.4. The minimum atomic E-state index is 0.400. The molecule has 3 aromatic rings. The Morgan fingerprint density at radius 1 is 1.43 bits per heavy atom. The summed E-state index contributed by atoms with van der Waals surface area (Å²) in [6, 6.07) is 6.04. The van der Waals surface area contributed by atoms with Crippen LogP contribution < -0.4 is 5.73 Å². The quantitative estimate of drug-likeness (QED) is 0.746. The summed E-state index contributed by atoms with van der Waals surface area (Å²) in [6.45, 7) is 3.17. The number of benzene rings is 1. The Morgan fingerprint density at radius 3 is 3.00 bits per heavy atom. The Labute approximate surface area is 127 Å². The molecule has 2 aromatic heterocycles. The molecule has 0 saturated heterocycles. The van der Waals surface area contributed by atoms with Crippen LogP contribution >= 0.6 is 11.3 Å². The van der Waals surface area contributed by atoms with Crippen LogP contribution in [0.3, 0.4) is 0 Å². The molecule has 21 heavy (non-hydrogen) atoms. The molecule has 2 heterocycles. The third-order valence-corrected chi connectivity index (χ3v) is 5.08. The lowest BCUT2D eigenvalue weighted by molar-refractivity contribution is 0.584. The number of nitrogens with zero attached hydrogens (tertiary/aromatic N) is 3. The largest absolute Gasteiger partial charge is 0.399 e. The molecule has 1 aliphatic rings. The molecule has 1 aromatic carbocycles. The fourth-order valence-electron chi connectivity index (χ4n) is 2.84. The summed E-state index contributed by atoms with van der Waals surface area (Å²) in [5.74, 6) is 2.25. The first-order chi connectivity index (χ1) is 10.2. The molecular weight excluding hydrogens is 280 g/mol. The average Bonchev–Trinajstić information content (AvgIpc) is 3.04. The number of anilines is 1. The van der Waals surface area contributed by atoms with Crippen molar-refractivity contribution in [2.45, 2.75) is 38.1 Å². The first-order valence-corrected chi connectivity index (χ1v) is 8.25. The number of aromatic nitrogens is 3. The molecule has 1 aliphatic carbocycles. The molecule has 0 radical (unpaired) electrons. The van der Waals surface area contributed by atoms with E-state index < -0.39 is 0 Å². The Hall–Kier alpha value is -1.88. The van der Waals surface area contributed by atoms with Crippen LogP contribution in [0.25, 0.3) is 11.0 Å². The molecule has 5 heteroatoms. The maximum atomic E-state index is 5.90. The zero-order valence-corrected chi connectivity index (χ0v) is 12.8. The first-order valence-electron chi connectivity index (χ1n) is 7.37. The molecule has 108 valence electrons. The van der Waals surface area contributed by atoms with Gasteiger partial charge in [0, 0.05) is 35.6 Å². The van der Waals surface area contributed by atoms with E-state index in [1.54, 1.807) is 11.3 Å². The molecule has 4 rings (SSSR count). The third kappa shape index (κ3) is 2.31. The van der Waals surface area contributed by atoms with E-state index >= 15 is 0 Å². The number of hydrogen-bond donors (Lipinski definition) is 1. The second-order valence-corrected chi connectivity index (χ2v) is 6.80. The summed E-state index contributed by atoms with van der Waals surface area (Å²) in [7, 11) is 0. The number of fused-ring (bicyclic) bond motifs is 1. The number of nitrogen functional groups attached to an aromatic ring is 1. The van der Waals surface area contributed by atoms with Gasteiger partial charge in [-0.15, -0.1) is 11.3 Å². The van der Waals surface area contributed by atoms with Crippen molar-refractivity contribution >= 4 is 28.1 Å². The monoisotopic (exact) mass is 298 g/mol. The highest BCUT2D eigenvalue weighted by atomic mass is 32.1. The van der Waals surface area contributed by atoms with Crippen molar-refractivity contribution in [3.8, 4) is 0 Å². The van der Waals surface area contributed by atoms with Crippen LogP contribution in [-0.2, 0) is 6.54 Å². The van der Waals surface area contributed by atoms with Gasteiger partial charge in [0.2, 0.25) is 0 Å². The normalized spacial score (nSPS) is 16.4. The van der Waals surface area contributed by atoms with Gasteiger partial charge in [-0.2, -0.15) is 0 Å². The molecule has 1 atom stereocenters. The van der Waals surface area contributed by atoms with E-state index in [0.717, 1.165) is 17.7 Å². The maximum absolute atomic E-state index is 5.90. The number of thiazole rings is 1. The molecular formula is C16H18N4S. The van der Waals surface area contributed by atoms with Gasteiger partial charge in [-0.1, -0.05) is 6.92 Å². The summed E-state index contributed by atoms with van der Waals surface area (Å²) in [6.07, 6.45) is 4.39. The fraction of sp³-hybridized carbons (Fsp3) is 0.375. The van der Waals surface area contributed by atoms with Crippen LogP contribution in [0.4, 0.5) is 5.69 Å². The molecule has 0 aliphatic heterocycles. The predicted octanol–water partition coefficient (Wildman–Crippen LogP) is 3.76. The van der Waals surface area contributed by atoms with Gasteiger partial charge < -0.3 is 10.3 Å². The highest BCUT2D eigenvalue weighted by Crippen LogP contribution is 2.41. The SMILES string of the molecule is CC(Cn1c(C2CC2)nc2cc(N)ccc21)c1nccs1. The van der Waals surface area contributed by atoms with E-state index in [0.29, 0.717) is 11.8 Å². The van der Waals surface area contributed by atoms with E-state index in [9.17, 15) is 0 Å². The molecule has 0 spiro atoms. The van der Waals surface area contributed by atoms with E-state index in [4.69, 9.17) is 10.7 Å². The van der Waals surface area contributed by atoms with Crippen LogP contribution in [0.5, 0.6) is 0 Å². The summed E-state index contributed by atoms with van der Waals surface area (Å²) in [5.41, 5.74) is 8.88. The van der Waals surface area contributed by atoms with Crippen molar-refractivity contribution in [3.05, 3.63) is 40.6 Å². The van der Waals surface area contributed by atoms with Gasteiger partial charge in [0.15, 0.2) is 0 Å². The summed E-state index contributed by atoms with van der Waals surface area (Å²) in [5, 5.41) is 3.23. The lowest BCUT2D eigenvalue weighted by Crippen LogP contribution is -2.09. The predicted molar refractivity (Wildman–Crippen MR) is 86.6 cm³/mol. The lowest BCUT2D eigenvalue weighted by Gasteiger charge is -2.13. The van der Waals surface area contributed by atoms with Crippen molar-refractivity contribution in [1.29, 1.82) is 0 Å². The second kappa shape index (κ2) is 4.84. The minimum absolute atomic E-state index is 0.400. The van der Waals surface area contributed by atoms with E-state index in [1.165, 1.54) is 29.2 Å². The van der Waals surface area contributed by atoms with Crippen LogP contribution in [0, 0.1) is 0 Å². The molecule has 4 nitrogen and oxygen atoms in total. The van der Waals surface area contributed by atoms with E-state index in [2.05, 4.69) is 22.5 Å². The Bertz CT molecular complexity index is 771. The maximum Gasteiger partial charge on any atom is 0.113 e. The Morgan fingerprint density at radius 2 is 2.29 bits per heavy atom. The molecule has 0 bridgehead atoms. The first kappa shape index (κ1) is 12.8. The van der Waals surface area contributed by atoms with Crippen molar-refractivity contribution < 1.29 is 0 Å². The minimum Gasteiger partial charge on any atom is -0.399 e. The lowest BCUT2D eigenvalue weighted by atomic mass is 10.2. The van der Waals surface area contributed by atoms with E-state index in [-0.39, 0.29) is 0 Å².